The van der Waals surface area contributed by atoms with E-state index in [0.29, 0.717) is 5.92 Å². The minimum atomic E-state index is 0.625. The Balaban J connectivity index is 2.48. The Morgan fingerprint density at radius 1 is 1.67 bits per heavy atom. The Morgan fingerprint density at radius 2 is 2.44 bits per heavy atom. The van der Waals surface area contributed by atoms with Crippen molar-refractivity contribution in [2.24, 2.45) is 5.92 Å². The van der Waals surface area contributed by atoms with Crippen LogP contribution in [0.3, 0.4) is 0 Å². The topological polar surface area (TPSA) is 30.7 Å². The molecule has 0 bridgehead atoms. The van der Waals surface area contributed by atoms with Crippen molar-refractivity contribution in [2.75, 3.05) is 0 Å². The van der Waals surface area contributed by atoms with E-state index in [1.807, 2.05) is 0 Å². The molecule has 1 rings (SSSR count). The molecule has 0 spiro atoms. The van der Waals surface area contributed by atoms with Crippen LogP contribution in [0.25, 0.3) is 0 Å². The van der Waals surface area contributed by atoms with E-state index >= 15 is 0 Å². The van der Waals surface area contributed by atoms with Crippen molar-refractivity contribution < 1.29 is 0 Å². The molecule has 3 heteroatoms. The molecule has 0 aliphatic carbocycles. The van der Waals surface area contributed by atoms with Gasteiger partial charge in [-0.1, -0.05) is 13.8 Å². The summed E-state index contributed by atoms with van der Waals surface area (Å²) in [6.07, 6.45) is 4.18. The first kappa shape index (κ1) is 6.26. The minimum absolute atomic E-state index is 0.625. The monoisotopic (exact) mass is 124 g/mol. The van der Waals surface area contributed by atoms with Crippen LogP contribution in [-0.4, -0.2) is 14.8 Å². The van der Waals surface area contributed by atoms with Crippen LogP contribution in [0, 0.1) is 12.2 Å². The first-order chi connectivity index (χ1) is 4.29. The Kier molecular flexibility index (Phi) is 1.82. The van der Waals surface area contributed by atoms with Gasteiger partial charge >= 0.3 is 0 Å². The van der Waals surface area contributed by atoms with E-state index in [9.17, 15) is 0 Å². The molecule has 0 aromatic carbocycles. The van der Waals surface area contributed by atoms with Gasteiger partial charge in [0.15, 0.2) is 0 Å². The molecule has 1 heterocycles. The smallest absolute Gasteiger partial charge is 0.220 e. The second-order valence-electron chi connectivity index (χ2n) is 2.46. The zero-order chi connectivity index (χ0) is 6.69. The number of hydrogen-bond donors (Lipinski definition) is 0. The zero-order valence-electron chi connectivity index (χ0n) is 5.70. The van der Waals surface area contributed by atoms with E-state index < -0.39 is 0 Å². The van der Waals surface area contributed by atoms with Gasteiger partial charge in [0, 0.05) is 6.54 Å². The van der Waals surface area contributed by atoms with E-state index in [-0.39, 0.29) is 0 Å². The summed E-state index contributed by atoms with van der Waals surface area (Å²) in [7, 11) is 0. The standard InChI is InChI=1S/C6H10N3/c1-6(2)3-9-5-7-4-8-9/h5-6H,3H2,1-2H3. The molecule has 49 valence electrons. The predicted molar refractivity (Wildman–Crippen MR) is 33.7 cm³/mol. The van der Waals surface area contributed by atoms with Crippen molar-refractivity contribution in [3.05, 3.63) is 12.7 Å². The fourth-order valence-electron chi connectivity index (χ4n) is 0.664. The Labute approximate surface area is 54.7 Å². The molecule has 0 atom stereocenters. The molecule has 3 nitrogen and oxygen atoms in total. The molecule has 0 aliphatic rings. The summed E-state index contributed by atoms with van der Waals surface area (Å²) in [6, 6.07) is 0. The number of hydrogen-bond acceptors (Lipinski definition) is 2. The lowest BCUT2D eigenvalue weighted by atomic mass is 10.2. The summed E-state index contributed by atoms with van der Waals surface area (Å²) in [5.41, 5.74) is 0. The van der Waals surface area contributed by atoms with Gasteiger partial charge in [-0.3, -0.25) is 4.68 Å². The van der Waals surface area contributed by atoms with Crippen LogP contribution in [0.1, 0.15) is 13.8 Å². The van der Waals surface area contributed by atoms with Gasteiger partial charge in [0.2, 0.25) is 6.33 Å². The van der Waals surface area contributed by atoms with Gasteiger partial charge < -0.3 is 0 Å². The molecular weight excluding hydrogens is 114 g/mol. The number of aromatic nitrogens is 3. The van der Waals surface area contributed by atoms with Crippen molar-refractivity contribution in [1.29, 1.82) is 0 Å². The molecule has 0 unspecified atom stereocenters. The molecule has 0 fully saturated rings. The molecule has 1 aromatic heterocycles. The molecule has 0 N–H and O–H groups in total. The maximum Gasteiger partial charge on any atom is 0.220 e. The van der Waals surface area contributed by atoms with Crippen molar-refractivity contribution >= 4 is 0 Å². The fraction of sp³-hybridized carbons (Fsp3) is 0.667. The molecule has 1 aromatic rings. The van der Waals surface area contributed by atoms with Crippen LogP contribution >= 0.6 is 0 Å². The molecule has 0 amide bonds. The summed E-state index contributed by atoms with van der Waals surface area (Å²) in [5.74, 6) is 0.625. The summed E-state index contributed by atoms with van der Waals surface area (Å²) in [4.78, 5) is 3.70. The fourth-order valence-corrected chi connectivity index (χ4v) is 0.664. The molecule has 0 saturated heterocycles. The Morgan fingerprint density at radius 3 is 2.89 bits per heavy atom. The van der Waals surface area contributed by atoms with Crippen molar-refractivity contribution in [3.8, 4) is 0 Å². The van der Waals surface area contributed by atoms with Gasteiger partial charge in [-0.2, -0.15) is 0 Å². The first-order valence-electron chi connectivity index (χ1n) is 3.04. The van der Waals surface area contributed by atoms with Gasteiger partial charge in [-0.25, -0.2) is 4.98 Å². The summed E-state index contributed by atoms with van der Waals surface area (Å²) >= 11 is 0. The van der Waals surface area contributed by atoms with Gasteiger partial charge in [0.25, 0.3) is 0 Å². The lowest BCUT2D eigenvalue weighted by Gasteiger charge is -2.01. The highest BCUT2D eigenvalue weighted by Gasteiger charge is 1.94. The SMILES string of the molecule is CC(C)Cn1cn[c]n1. The molecule has 0 aliphatic heterocycles. The maximum absolute atomic E-state index is 3.84. The lowest BCUT2D eigenvalue weighted by Crippen LogP contribution is -2.03. The van der Waals surface area contributed by atoms with E-state index in [1.165, 1.54) is 0 Å². The summed E-state index contributed by atoms with van der Waals surface area (Å²) < 4.78 is 1.78. The average molecular weight is 124 g/mol. The van der Waals surface area contributed by atoms with Gasteiger partial charge in [0.1, 0.15) is 6.33 Å². The summed E-state index contributed by atoms with van der Waals surface area (Å²) in [5, 5.41) is 3.84. The van der Waals surface area contributed by atoms with Gasteiger partial charge in [-0.15, -0.1) is 5.10 Å². The second kappa shape index (κ2) is 2.62. The largest absolute Gasteiger partial charge is 0.252 e. The third-order valence-corrected chi connectivity index (χ3v) is 0.974. The minimum Gasteiger partial charge on any atom is -0.252 e. The third-order valence-electron chi connectivity index (χ3n) is 0.974. The van der Waals surface area contributed by atoms with E-state index in [0.717, 1.165) is 6.54 Å². The molecular formula is C6H10N3. The third kappa shape index (κ3) is 1.83. The van der Waals surface area contributed by atoms with E-state index in [2.05, 4.69) is 30.3 Å². The van der Waals surface area contributed by atoms with Crippen LogP contribution in [0.15, 0.2) is 6.33 Å². The van der Waals surface area contributed by atoms with Crippen molar-refractivity contribution in [1.82, 2.24) is 14.8 Å². The van der Waals surface area contributed by atoms with Crippen LogP contribution in [0.4, 0.5) is 0 Å². The van der Waals surface area contributed by atoms with Crippen molar-refractivity contribution in [3.63, 3.8) is 0 Å². The van der Waals surface area contributed by atoms with Crippen molar-refractivity contribution in [2.45, 2.75) is 20.4 Å². The van der Waals surface area contributed by atoms with Crippen LogP contribution < -0.4 is 0 Å². The lowest BCUT2D eigenvalue weighted by molar-refractivity contribution is 0.481. The molecule has 1 radical (unpaired) electrons. The highest BCUT2D eigenvalue weighted by atomic mass is 15.3. The Bertz CT molecular complexity index is 155. The average Bonchev–Trinajstić information content (AvgIpc) is 2.15. The van der Waals surface area contributed by atoms with Gasteiger partial charge in [0.05, 0.1) is 0 Å². The molecule has 9 heavy (non-hydrogen) atoms. The van der Waals surface area contributed by atoms with Crippen LogP contribution in [0.2, 0.25) is 0 Å². The molecule has 0 saturated carbocycles. The normalized spacial score (nSPS) is 10.6. The Hall–Kier alpha value is -0.860. The predicted octanol–water partition coefficient (Wildman–Crippen LogP) is 0.734. The van der Waals surface area contributed by atoms with Gasteiger partial charge in [-0.05, 0) is 5.92 Å². The second-order valence-corrected chi connectivity index (χ2v) is 2.46. The maximum atomic E-state index is 3.84. The van der Waals surface area contributed by atoms with E-state index in [1.54, 1.807) is 11.0 Å². The van der Waals surface area contributed by atoms with Crippen LogP contribution in [0.5, 0.6) is 0 Å². The van der Waals surface area contributed by atoms with Crippen LogP contribution in [-0.2, 0) is 6.54 Å². The number of nitrogens with zero attached hydrogens (tertiary/aromatic N) is 3. The zero-order valence-corrected chi connectivity index (χ0v) is 5.70. The number of rotatable bonds is 2. The highest BCUT2D eigenvalue weighted by Crippen LogP contribution is 1.94. The van der Waals surface area contributed by atoms with E-state index in [4.69, 9.17) is 0 Å². The first-order valence-corrected chi connectivity index (χ1v) is 3.04. The quantitative estimate of drug-likeness (QED) is 0.582. The summed E-state index contributed by atoms with van der Waals surface area (Å²) in [6.45, 7) is 5.21. The highest BCUT2D eigenvalue weighted by molar-refractivity contribution is 4.55.